The predicted molar refractivity (Wildman–Crippen MR) is 103 cm³/mol. The molecule has 6 nitrogen and oxygen atoms in total. The van der Waals surface area contributed by atoms with Gasteiger partial charge in [-0.25, -0.2) is 0 Å². The second kappa shape index (κ2) is 8.50. The second-order valence-electron chi connectivity index (χ2n) is 5.78. The molecule has 1 aromatic heterocycles. The van der Waals surface area contributed by atoms with Gasteiger partial charge in [-0.05, 0) is 23.8 Å². The van der Waals surface area contributed by atoms with Crippen LogP contribution in [0.1, 0.15) is 11.1 Å². The lowest BCUT2D eigenvalue weighted by atomic mass is 10.2. The van der Waals surface area contributed by atoms with Crippen molar-refractivity contribution in [2.24, 2.45) is 0 Å². The van der Waals surface area contributed by atoms with Crippen LogP contribution in [0.2, 0.25) is 0 Å². The van der Waals surface area contributed by atoms with Gasteiger partial charge in [0.05, 0.1) is 25.5 Å². The molecular weight excluding hydrogens is 340 g/mol. The average molecular weight is 358 g/mol. The zero-order valence-electron chi connectivity index (χ0n) is 14.8. The first-order valence-corrected chi connectivity index (χ1v) is 8.32. The summed E-state index contributed by atoms with van der Waals surface area (Å²) >= 11 is 0. The molecule has 27 heavy (non-hydrogen) atoms. The van der Waals surface area contributed by atoms with Gasteiger partial charge >= 0.3 is 0 Å². The molecule has 0 spiro atoms. The van der Waals surface area contributed by atoms with Crippen molar-refractivity contribution in [3.05, 3.63) is 83.7 Å². The molecule has 134 valence electrons. The highest BCUT2D eigenvalue weighted by Crippen LogP contribution is 2.23. The summed E-state index contributed by atoms with van der Waals surface area (Å²) < 4.78 is 6.97. The highest BCUT2D eigenvalue weighted by atomic mass is 16.5. The molecule has 0 saturated carbocycles. The molecule has 0 radical (unpaired) electrons. The summed E-state index contributed by atoms with van der Waals surface area (Å²) in [6.07, 6.45) is 4.93. The third kappa shape index (κ3) is 4.61. The number of hydrogen-bond donors (Lipinski definition) is 1. The maximum Gasteiger partial charge on any atom is 0.266 e. The molecule has 0 bridgehead atoms. The number of para-hydroxylation sites is 2. The number of aromatic nitrogens is 2. The van der Waals surface area contributed by atoms with Crippen LogP contribution >= 0.6 is 0 Å². The van der Waals surface area contributed by atoms with Crippen molar-refractivity contribution >= 4 is 17.7 Å². The van der Waals surface area contributed by atoms with Gasteiger partial charge in [0.2, 0.25) is 0 Å². The third-order valence-corrected chi connectivity index (χ3v) is 3.87. The van der Waals surface area contributed by atoms with E-state index in [1.807, 2.05) is 36.4 Å². The Hall–Kier alpha value is -3.85. The molecule has 0 fully saturated rings. The molecule has 0 atom stereocenters. The highest BCUT2D eigenvalue weighted by Gasteiger charge is 2.12. The fraction of sp³-hybridized carbons (Fsp3) is 0.0952. The number of methoxy groups -OCH3 is 1. The van der Waals surface area contributed by atoms with Crippen LogP contribution in [-0.2, 0) is 11.3 Å². The molecule has 0 unspecified atom stereocenters. The Labute approximate surface area is 157 Å². The van der Waals surface area contributed by atoms with Gasteiger partial charge in [0.25, 0.3) is 5.91 Å². The second-order valence-corrected chi connectivity index (χ2v) is 5.78. The number of hydrogen-bond acceptors (Lipinski definition) is 4. The topological polar surface area (TPSA) is 79.9 Å². The summed E-state index contributed by atoms with van der Waals surface area (Å²) in [6.45, 7) is 0.615. The highest BCUT2D eigenvalue weighted by molar-refractivity contribution is 6.10. The van der Waals surface area contributed by atoms with Crippen LogP contribution < -0.4 is 10.1 Å². The SMILES string of the molecule is COc1ccccc1NC(=O)/C(C#N)=C\c1cnn(Cc2ccccc2)c1. The smallest absolute Gasteiger partial charge is 0.266 e. The number of nitrogens with one attached hydrogen (secondary N) is 1. The number of anilines is 1. The number of benzene rings is 2. The molecular formula is C21H18N4O2. The fourth-order valence-electron chi connectivity index (χ4n) is 2.56. The van der Waals surface area contributed by atoms with Gasteiger partial charge in [0.1, 0.15) is 17.4 Å². The van der Waals surface area contributed by atoms with Crippen LogP contribution in [0.15, 0.2) is 72.6 Å². The van der Waals surface area contributed by atoms with Gasteiger partial charge in [-0.3, -0.25) is 9.48 Å². The van der Waals surface area contributed by atoms with Gasteiger partial charge in [-0.2, -0.15) is 10.4 Å². The van der Waals surface area contributed by atoms with E-state index >= 15 is 0 Å². The standard InChI is InChI=1S/C21H18N4O2/c1-27-20-10-6-5-9-19(20)24-21(26)18(12-22)11-17-13-23-25(15-17)14-16-7-3-2-4-8-16/h2-11,13,15H,14H2,1H3,(H,24,26)/b18-11-. The van der Waals surface area contributed by atoms with Crippen LogP contribution in [0, 0.1) is 11.3 Å². The summed E-state index contributed by atoms with van der Waals surface area (Å²) in [5.41, 5.74) is 2.29. The van der Waals surface area contributed by atoms with Gasteiger partial charge in [0, 0.05) is 11.8 Å². The molecule has 1 N–H and O–H groups in total. The van der Waals surface area contributed by atoms with E-state index in [0.29, 0.717) is 23.5 Å². The van der Waals surface area contributed by atoms with Crippen molar-refractivity contribution in [2.75, 3.05) is 12.4 Å². The Morgan fingerprint density at radius 3 is 2.70 bits per heavy atom. The molecule has 0 aliphatic rings. The molecule has 3 aromatic rings. The number of nitrogens with zero attached hydrogens (tertiary/aromatic N) is 3. The summed E-state index contributed by atoms with van der Waals surface area (Å²) in [6, 6.07) is 18.9. The molecule has 1 amide bonds. The monoisotopic (exact) mass is 358 g/mol. The van der Waals surface area contributed by atoms with Gasteiger partial charge in [-0.15, -0.1) is 0 Å². The maximum atomic E-state index is 12.4. The van der Waals surface area contributed by atoms with Crippen molar-refractivity contribution in [2.45, 2.75) is 6.54 Å². The van der Waals surface area contributed by atoms with Crippen LogP contribution in [0.5, 0.6) is 5.75 Å². The first-order chi connectivity index (χ1) is 13.2. The van der Waals surface area contributed by atoms with E-state index in [1.165, 1.54) is 13.2 Å². The number of carbonyl (C=O) groups is 1. The van der Waals surface area contributed by atoms with Crippen LogP contribution in [0.25, 0.3) is 6.08 Å². The Morgan fingerprint density at radius 2 is 1.96 bits per heavy atom. The minimum Gasteiger partial charge on any atom is -0.495 e. The van der Waals surface area contributed by atoms with Gasteiger partial charge in [-0.1, -0.05) is 42.5 Å². The van der Waals surface area contributed by atoms with Crippen molar-refractivity contribution in [1.29, 1.82) is 5.26 Å². The fourth-order valence-corrected chi connectivity index (χ4v) is 2.56. The lowest BCUT2D eigenvalue weighted by Gasteiger charge is -2.08. The molecule has 0 aliphatic heterocycles. The van der Waals surface area contributed by atoms with Gasteiger partial charge in [0.15, 0.2) is 0 Å². The normalized spacial score (nSPS) is 10.9. The molecule has 0 saturated heterocycles. The van der Waals surface area contributed by atoms with E-state index in [1.54, 1.807) is 41.3 Å². The largest absolute Gasteiger partial charge is 0.495 e. The third-order valence-electron chi connectivity index (χ3n) is 3.87. The van der Waals surface area contributed by atoms with Crippen LogP contribution in [0.4, 0.5) is 5.69 Å². The number of amides is 1. The van der Waals surface area contributed by atoms with E-state index in [0.717, 1.165) is 5.56 Å². The van der Waals surface area contributed by atoms with E-state index in [4.69, 9.17) is 4.74 Å². The van der Waals surface area contributed by atoms with Gasteiger partial charge < -0.3 is 10.1 Å². The average Bonchev–Trinajstić information content (AvgIpc) is 3.14. The summed E-state index contributed by atoms with van der Waals surface area (Å²) in [7, 11) is 1.52. The molecule has 1 heterocycles. The maximum absolute atomic E-state index is 12.4. The zero-order valence-corrected chi connectivity index (χ0v) is 14.8. The molecule has 3 rings (SSSR count). The molecule has 6 heteroatoms. The van der Waals surface area contributed by atoms with Crippen molar-refractivity contribution in [3.63, 3.8) is 0 Å². The number of carbonyl (C=O) groups excluding carboxylic acids is 1. The number of ether oxygens (including phenoxy) is 1. The summed E-state index contributed by atoms with van der Waals surface area (Å²) in [5.74, 6) is 0.0247. The van der Waals surface area contributed by atoms with Crippen molar-refractivity contribution < 1.29 is 9.53 Å². The van der Waals surface area contributed by atoms with E-state index < -0.39 is 5.91 Å². The predicted octanol–water partition coefficient (Wildman–Crippen LogP) is 3.49. The quantitative estimate of drug-likeness (QED) is 0.540. The Kier molecular flexibility index (Phi) is 5.65. The van der Waals surface area contributed by atoms with E-state index in [-0.39, 0.29) is 5.57 Å². The minimum absolute atomic E-state index is 0.0137. The first kappa shape index (κ1) is 18.0. The Bertz CT molecular complexity index is 1000. The lowest BCUT2D eigenvalue weighted by Crippen LogP contribution is -2.14. The molecule has 0 aliphatic carbocycles. The van der Waals surface area contributed by atoms with Crippen LogP contribution in [-0.4, -0.2) is 22.8 Å². The zero-order chi connectivity index (χ0) is 19.1. The van der Waals surface area contributed by atoms with Crippen molar-refractivity contribution in [3.8, 4) is 11.8 Å². The Morgan fingerprint density at radius 1 is 1.22 bits per heavy atom. The van der Waals surface area contributed by atoms with E-state index in [2.05, 4.69) is 10.4 Å². The minimum atomic E-state index is -0.502. The summed E-state index contributed by atoms with van der Waals surface area (Å²) in [5, 5.41) is 16.3. The lowest BCUT2D eigenvalue weighted by molar-refractivity contribution is -0.112. The number of rotatable bonds is 6. The van der Waals surface area contributed by atoms with E-state index in [9.17, 15) is 10.1 Å². The molecule has 2 aromatic carbocycles. The van der Waals surface area contributed by atoms with Crippen molar-refractivity contribution in [1.82, 2.24) is 9.78 Å². The first-order valence-electron chi connectivity index (χ1n) is 8.32. The summed E-state index contributed by atoms with van der Waals surface area (Å²) in [4.78, 5) is 12.4. The Balaban J connectivity index is 1.74. The number of nitriles is 1. The van der Waals surface area contributed by atoms with Crippen LogP contribution in [0.3, 0.4) is 0 Å².